The predicted octanol–water partition coefficient (Wildman–Crippen LogP) is 1.92. The molecule has 0 unspecified atom stereocenters. The first-order valence-corrected chi connectivity index (χ1v) is 6.18. The van der Waals surface area contributed by atoms with Crippen LogP contribution in [0.2, 0.25) is 5.02 Å². The van der Waals surface area contributed by atoms with Gasteiger partial charge in [-0.15, -0.1) is 0 Å². The molecule has 4 nitrogen and oxygen atoms in total. The number of hydrogen-bond donors (Lipinski definition) is 1. The van der Waals surface area contributed by atoms with E-state index in [0.717, 1.165) is 11.3 Å². The van der Waals surface area contributed by atoms with Crippen LogP contribution in [0, 0.1) is 0 Å². The molecule has 100 valence electrons. The maximum atomic E-state index is 11.4. The molecule has 0 heterocycles. The van der Waals surface area contributed by atoms with Crippen LogP contribution in [0.3, 0.4) is 0 Å². The van der Waals surface area contributed by atoms with Crippen LogP contribution in [0.15, 0.2) is 18.2 Å². The molecule has 0 saturated heterocycles. The maximum absolute atomic E-state index is 11.4. The van der Waals surface area contributed by atoms with Crippen LogP contribution in [-0.4, -0.2) is 38.6 Å². The van der Waals surface area contributed by atoms with Gasteiger partial charge in [0.25, 0.3) is 0 Å². The molecule has 0 aliphatic heterocycles. The van der Waals surface area contributed by atoms with Crippen LogP contribution in [0.1, 0.15) is 12.0 Å². The quantitative estimate of drug-likeness (QED) is 0.859. The number of carbonyl (C=O) groups excluding carboxylic acids is 1. The van der Waals surface area contributed by atoms with Crippen LogP contribution in [-0.2, 0) is 11.3 Å². The molecule has 18 heavy (non-hydrogen) atoms. The third-order valence-corrected chi connectivity index (χ3v) is 2.70. The zero-order valence-electron chi connectivity index (χ0n) is 11.0. The fraction of sp³-hybridized carbons (Fsp3) is 0.462. The third kappa shape index (κ3) is 4.55. The van der Waals surface area contributed by atoms with E-state index in [9.17, 15) is 4.79 Å². The van der Waals surface area contributed by atoms with Gasteiger partial charge in [0.05, 0.1) is 13.0 Å². The Kier molecular flexibility index (Phi) is 5.95. The zero-order valence-corrected chi connectivity index (χ0v) is 11.8. The van der Waals surface area contributed by atoms with Crippen LogP contribution in [0.5, 0.6) is 5.75 Å². The molecule has 1 aromatic carbocycles. The van der Waals surface area contributed by atoms with Crippen molar-refractivity contribution in [3.63, 3.8) is 0 Å². The van der Waals surface area contributed by atoms with Gasteiger partial charge in [0.2, 0.25) is 5.91 Å². The van der Waals surface area contributed by atoms with Crippen molar-refractivity contribution in [3.8, 4) is 5.75 Å². The summed E-state index contributed by atoms with van der Waals surface area (Å²) in [6.45, 7) is 1.05. The molecule has 1 aromatic rings. The average Bonchev–Trinajstić information content (AvgIpc) is 2.32. The summed E-state index contributed by atoms with van der Waals surface area (Å²) in [6.07, 6.45) is 0.370. The van der Waals surface area contributed by atoms with Crippen molar-refractivity contribution in [2.24, 2.45) is 0 Å². The minimum absolute atomic E-state index is 0.0548. The first-order chi connectivity index (χ1) is 8.54. The summed E-state index contributed by atoms with van der Waals surface area (Å²) >= 11 is 5.93. The van der Waals surface area contributed by atoms with E-state index in [1.807, 2.05) is 19.2 Å². The van der Waals surface area contributed by atoms with E-state index < -0.39 is 0 Å². The van der Waals surface area contributed by atoms with Crippen molar-refractivity contribution in [2.45, 2.75) is 13.0 Å². The highest BCUT2D eigenvalue weighted by atomic mass is 35.5. The van der Waals surface area contributed by atoms with Crippen molar-refractivity contribution >= 4 is 17.5 Å². The molecule has 0 fully saturated rings. The van der Waals surface area contributed by atoms with E-state index in [4.69, 9.17) is 16.3 Å². The van der Waals surface area contributed by atoms with E-state index in [1.54, 1.807) is 25.1 Å². The number of carbonyl (C=O) groups is 1. The minimum Gasteiger partial charge on any atom is -0.493 e. The van der Waals surface area contributed by atoms with Crippen LogP contribution in [0.4, 0.5) is 0 Å². The summed E-state index contributed by atoms with van der Waals surface area (Å²) in [5.41, 5.74) is 0.988. The van der Waals surface area contributed by atoms with Gasteiger partial charge in [-0.1, -0.05) is 11.6 Å². The number of benzene rings is 1. The lowest BCUT2D eigenvalue weighted by Gasteiger charge is -2.13. The van der Waals surface area contributed by atoms with Crippen molar-refractivity contribution < 1.29 is 9.53 Å². The van der Waals surface area contributed by atoms with Crippen molar-refractivity contribution in [1.82, 2.24) is 10.2 Å². The van der Waals surface area contributed by atoms with Gasteiger partial charge in [-0.05, 0) is 25.2 Å². The molecule has 0 radical (unpaired) electrons. The molecule has 1 rings (SSSR count). The van der Waals surface area contributed by atoms with Gasteiger partial charge in [0, 0.05) is 31.2 Å². The van der Waals surface area contributed by atoms with Crippen LogP contribution >= 0.6 is 11.6 Å². The van der Waals surface area contributed by atoms with Gasteiger partial charge in [0.1, 0.15) is 5.75 Å². The lowest BCUT2D eigenvalue weighted by molar-refractivity contribution is -0.129. The number of amides is 1. The second kappa shape index (κ2) is 7.24. The van der Waals surface area contributed by atoms with Crippen molar-refractivity contribution in [3.05, 3.63) is 28.8 Å². The Morgan fingerprint density at radius 2 is 2.17 bits per heavy atom. The summed E-state index contributed by atoms with van der Waals surface area (Å²) in [4.78, 5) is 13.0. The highest BCUT2D eigenvalue weighted by Gasteiger charge is 2.07. The lowest BCUT2D eigenvalue weighted by atomic mass is 10.2. The van der Waals surface area contributed by atoms with Crippen LogP contribution < -0.4 is 10.1 Å². The Bertz CT molecular complexity index is 408. The first-order valence-electron chi connectivity index (χ1n) is 5.80. The molecule has 0 aliphatic carbocycles. The van der Waals surface area contributed by atoms with Crippen molar-refractivity contribution in [2.75, 3.05) is 27.7 Å². The zero-order chi connectivity index (χ0) is 13.5. The van der Waals surface area contributed by atoms with Gasteiger partial charge in [-0.2, -0.15) is 0 Å². The van der Waals surface area contributed by atoms with Gasteiger partial charge in [0.15, 0.2) is 0 Å². The smallest absolute Gasteiger partial charge is 0.225 e. The van der Waals surface area contributed by atoms with Gasteiger partial charge >= 0.3 is 0 Å². The summed E-state index contributed by atoms with van der Waals surface area (Å²) < 4.78 is 5.62. The van der Waals surface area contributed by atoms with Crippen LogP contribution in [0.25, 0.3) is 0 Å². The molecule has 0 atom stereocenters. The number of rotatable bonds is 6. The van der Waals surface area contributed by atoms with E-state index in [2.05, 4.69) is 5.32 Å². The molecule has 1 N–H and O–H groups in total. The number of nitrogens with one attached hydrogen (secondary N) is 1. The standard InChI is InChI=1S/C13H19ClN2O2/c1-15-9-10-8-11(14)4-5-12(10)18-7-6-13(17)16(2)3/h4-5,8,15H,6-7,9H2,1-3H3. The molecule has 5 heteroatoms. The Morgan fingerprint density at radius 3 is 2.78 bits per heavy atom. The van der Waals surface area contributed by atoms with Gasteiger partial charge in [-0.3, -0.25) is 4.79 Å². The predicted molar refractivity (Wildman–Crippen MR) is 73.0 cm³/mol. The maximum Gasteiger partial charge on any atom is 0.225 e. The van der Waals surface area contributed by atoms with Gasteiger partial charge in [-0.25, -0.2) is 0 Å². The number of hydrogen-bond acceptors (Lipinski definition) is 3. The molecular weight excluding hydrogens is 252 g/mol. The topological polar surface area (TPSA) is 41.6 Å². The fourth-order valence-corrected chi connectivity index (χ4v) is 1.68. The summed E-state index contributed by atoms with van der Waals surface area (Å²) in [6, 6.07) is 5.47. The molecule has 0 spiro atoms. The molecule has 0 aliphatic rings. The second-order valence-corrected chi connectivity index (χ2v) is 4.61. The third-order valence-electron chi connectivity index (χ3n) is 2.46. The van der Waals surface area contributed by atoms with E-state index in [0.29, 0.717) is 24.6 Å². The first kappa shape index (κ1) is 14.8. The SMILES string of the molecule is CNCc1cc(Cl)ccc1OCCC(=O)N(C)C. The number of nitrogens with zero attached hydrogens (tertiary/aromatic N) is 1. The van der Waals surface area contributed by atoms with E-state index in [1.165, 1.54) is 0 Å². The second-order valence-electron chi connectivity index (χ2n) is 4.17. The summed E-state index contributed by atoms with van der Waals surface area (Å²) in [5, 5.41) is 3.73. The summed E-state index contributed by atoms with van der Waals surface area (Å²) in [7, 11) is 5.33. The average molecular weight is 271 g/mol. The highest BCUT2D eigenvalue weighted by molar-refractivity contribution is 6.30. The minimum atomic E-state index is 0.0548. The molecule has 0 saturated carbocycles. The van der Waals surface area contributed by atoms with E-state index in [-0.39, 0.29) is 5.91 Å². The summed E-state index contributed by atoms with van der Waals surface area (Å²) in [5.74, 6) is 0.819. The molecule has 0 aromatic heterocycles. The van der Waals surface area contributed by atoms with Crippen molar-refractivity contribution in [1.29, 1.82) is 0 Å². The molecule has 1 amide bonds. The van der Waals surface area contributed by atoms with Gasteiger partial charge < -0.3 is 15.0 Å². The Hall–Kier alpha value is -1.26. The fourth-order valence-electron chi connectivity index (χ4n) is 1.49. The number of ether oxygens (including phenoxy) is 1. The number of halogens is 1. The lowest BCUT2D eigenvalue weighted by Crippen LogP contribution is -2.23. The largest absolute Gasteiger partial charge is 0.493 e. The Morgan fingerprint density at radius 1 is 1.44 bits per heavy atom. The Balaban J connectivity index is 2.58. The van der Waals surface area contributed by atoms with E-state index >= 15 is 0 Å². The molecular formula is C13H19ClN2O2. The highest BCUT2D eigenvalue weighted by Crippen LogP contribution is 2.22. The molecule has 0 bridgehead atoms. The normalized spacial score (nSPS) is 10.2. The Labute approximate surface area is 113 Å². The monoisotopic (exact) mass is 270 g/mol.